The number of aryl methyl sites for hydroxylation is 1. The summed E-state index contributed by atoms with van der Waals surface area (Å²) < 4.78 is 11.0. The van der Waals surface area contributed by atoms with E-state index in [0.717, 1.165) is 23.3 Å². The van der Waals surface area contributed by atoms with Crippen molar-refractivity contribution in [1.82, 2.24) is 15.0 Å². The summed E-state index contributed by atoms with van der Waals surface area (Å²) in [6.45, 7) is 6.68. The fourth-order valence-electron chi connectivity index (χ4n) is 3.52. The van der Waals surface area contributed by atoms with Crippen LogP contribution in [0.4, 0.5) is 16.7 Å². The standard InChI is InChI=1S/C24H27N5O3/c1-4-20-15-32-24(30)29(20)23-27-17(3)26-22(28-23)25-16(2)19-10-12-21(13-11-19)31-14-18-8-6-5-7-9-18/h5-13,16,20H,4,14-15H2,1-3H3,(H,25,26,27,28)/t16-,20-/m0/s1. The molecule has 2 atom stereocenters. The van der Waals surface area contributed by atoms with Gasteiger partial charge in [-0.25, -0.2) is 9.69 Å². The zero-order chi connectivity index (χ0) is 22.5. The third-order valence-corrected chi connectivity index (χ3v) is 5.36. The molecule has 2 heterocycles. The Morgan fingerprint density at radius 3 is 2.59 bits per heavy atom. The maximum Gasteiger partial charge on any atom is 0.417 e. The number of carbonyl (C=O) groups excluding carboxylic acids is 1. The van der Waals surface area contributed by atoms with Crippen LogP contribution in [0.3, 0.4) is 0 Å². The van der Waals surface area contributed by atoms with Crippen LogP contribution in [0.1, 0.15) is 43.3 Å². The van der Waals surface area contributed by atoms with Gasteiger partial charge in [-0.1, -0.05) is 49.4 Å². The summed E-state index contributed by atoms with van der Waals surface area (Å²) in [5.74, 6) is 2.07. The van der Waals surface area contributed by atoms with E-state index in [2.05, 4.69) is 20.3 Å². The molecule has 0 aliphatic carbocycles. The van der Waals surface area contributed by atoms with Crippen LogP contribution in [0.2, 0.25) is 0 Å². The first-order valence-electron chi connectivity index (χ1n) is 10.8. The van der Waals surface area contributed by atoms with Gasteiger partial charge in [0.05, 0.1) is 12.1 Å². The van der Waals surface area contributed by atoms with E-state index in [-0.39, 0.29) is 12.1 Å². The summed E-state index contributed by atoms with van der Waals surface area (Å²) >= 11 is 0. The highest BCUT2D eigenvalue weighted by atomic mass is 16.6. The van der Waals surface area contributed by atoms with E-state index >= 15 is 0 Å². The van der Waals surface area contributed by atoms with Crippen LogP contribution in [0, 0.1) is 6.92 Å². The van der Waals surface area contributed by atoms with Gasteiger partial charge < -0.3 is 14.8 Å². The largest absolute Gasteiger partial charge is 0.489 e. The number of benzene rings is 2. The van der Waals surface area contributed by atoms with Crippen molar-refractivity contribution in [3.63, 3.8) is 0 Å². The molecule has 1 aromatic heterocycles. The summed E-state index contributed by atoms with van der Waals surface area (Å²) in [4.78, 5) is 26.9. The maximum absolute atomic E-state index is 12.2. The molecule has 2 aromatic carbocycles. The molecule has 8 nitrogen and oxygen atoms in total. The van der Waals surface area contributed by atoms with Crippen LogP contribution in [-0.2, 0) is 11.3 Å². The molecule has 0 unspecified atom stereocenters. The Kier molecular flexibility index (Phi) is 6.49. The van der Waals surface area contributed by atoms with Gasteiger partial charge in [0.25, 0.3) is 0 Å². The number of aromatic nitrogens is 3. The number of nitrogens with one attached hydrogen (secondary N) is 1. The maximum atomic E-state index is 12.2. The summed E-state index contributed by atoms with van der Waals surface area (Å²) in [6, 6.07) is 17.9. The molecule has 0 radical (unpaired) electrons. The average Bonchev–Trinajstić information content (AvgIpc) is 3.19. The highest BCUT2D eigenvalue weighted by molar-refractivity contribution is 5.88. The number of anilines is 2. The minimum absolute atomic E-state index is 0.0553. The van der Waals surface area contributed by atoms with E-state index < -0.39 is 6.09 Å². The van der Waals surface area contributed by atoms with E-state index in [1.807, 2.05) is 68.4 Å². The Morgan fingerprint density at radius 2 is 1.88 bits per heavy atom. The number of carbonyl (C=O) groups is 1. The molecule has 1 aliphatic heterocycles. The summed E-state index contributed by atoms with van der Waals surface area (Å²) in [5, 5.41) is 3.31. The fraction of sp³-hybridized carbons (Fsp3) is 0.333. The van der Waals surface area contributed by atoms with Gasteiger partial charge in [0.15, 0.2) is 0 Å². The molecule has 166 valence electrons. The lowest BCUT2D eigenvalue weighted by atomic mass is 10.1. The van der Waals surface area contributed by atoms with E-state index in [9.17, 15) is 4.79 Å². The van der Waals surface area contributed by atoms with Crippen molar-refractivity contribution >= 4 is 18.0 Å². The Morgan fingerprint density at radius 1 is 1.12 bits per heavy atom. The first kappa shape index (κ1) is 21.5. The molecule has 4 rings (SSSR count). The van der Waals surface area contributed by atoms with Crippen LogP contribution in [0.15, 0.2) is 54.6 Å². The second-order valence-corrected chi connectivity index (χ2v) is 7.72. The third-order valence-electron chi connectivity index (χ3n) is 5.36. The molecule has 32 heavy (non-hydrogen) atoms. The number of hydrogen-bond acceptors (Lipinski definition) is 7. The highest BCUT2D eigenvalue weighted by Crippen LogP contribution is 2.24. The monoisotopic (exact) mass is 433 g/mol. The summed E-state index contributed by atoms with van der Waals surface area (Å²) in [7, 11) is 0. The Labute approximate surface area is 187 Å². The summed E-state index contributed by atoms with van der Waals surface area (Å²) in [6.07, 6.45) is 0.335. The SMILES string of the molecule is CC[C@H]1COC(=O)N1c1nc(C)nc(N[C@@H](C)c2ccc(OCc3ccccc3)cc2)n1. The lowest BCUT2D eigenvalue weighted by Gasteiger charge is -2.20. The van der Waals surface area contributed by atoms with Crippen LogP contribution in [0.5, 0.6) is 5.75 Å². The van der Waals surface area contributed by atoms with Crippen molar-refractivity contribution in [3.8, 4) is 5.75 Å². The number of amides is 1. The second-order valence-electron chi connectivity index (χ2n) is 7.72. The average molecular weight is 434 g/mol. The van der Waals surface area contributed by atoms with Gasteiger partial charge in [-0.2, -0.15) is 15.0 Å². The molecule has 1 amide bonds. The van der Waals surface area contributed by atoms with Crippen LogP contribution in [-0.4, -0.2) is 33.7 Å². The Bertz CT molecular complexity index is 1060. The number of ether oxygens (including phenoxy) is 2. The van der Waals surface area contributed by atoms with Gasteiger partial charge in [0.2, 0.25) is 11.9 Å². The molecule has 1 saturated heterocycles. The second kappa shape index (κ2) is 9.64. The zero-order valence-corrected chi connectivity index (χ0v) is 18.5. The smallest absolute Gasteiger partial charge is 0.417 e. The molecule has 1 aliphatic rings. The van der Waals surface area contributed by atoms with E-state index in [4.69, 9.17) is 9.47 Å². The minimum Gasteiger partial charge on any atom is -0.489 e. The molecule has 1 N–H and O–H groups in total. The topological polar surface area (TPSA) is 89.5 Å². The Balaban J connectivity index is 1.43. The van der Waals surface area contributed by atoms with Crippen molar-refractivity contribution in [2.45, 2.75) is 45.9 Å². The summed E-state index contributed by atoms with van der Waals surface area (Å²) in [5.41, 5.74) is 2.18. The van der Waals surface area contributed by atoms with E-state index in [1.165, 1.54) is 4.90 Å². The van der Waals surface area contributed by atoms with Crippen LogP contribution in [0.25, 0.3) is 0 Å². The predicted octanol–water partition coefficient (Wildman–Crippen LogP) is 4.67. The molecule has 1 fully saturated rings. The van der Waals surface area contributed by atoms with Crippen molar-refractivity contribution in [1.29, 1.82) is 0 Å². The zero-order valence-electron chi connectivity index (χ0n) is 18.5. The predicted molar refractivity (Wildman–Crippen MR) is 122 cm³/mol. The minimum atomic E-state index is -0.424. The lowest BCUT2D eigenvalue weighted by molar-refractivity contribution is 0.178. The number of nitrogens with zero attached hydrogens (tertiary/aromatic N) is 4. The molecular weight excluding hydrogens is 406 g/mol. The highest BCUT2D eigenvalue weighted by Gasteiger charge is 2.35. The molecule has 0 bridgehead atoms. The quantitative estimate of drug-likeness (QED) is 0.552. The van der Waals surface area contributed by atoms with Gasteiger partial charge in [-0.15, -0.1) is 0 Å². The number of rotatable bonds is 8. The van der Waals surface area contributed by atoms with Crippen molar-refractivity contribution in [2.75, 3.05) is 16.8 Å². The number of hydrogen-bond donors (Lipinski definition) is 1. The normalized spacial score (nSPS) is 16.5. The van der Waals surface area contributed by atoms with Gasteiger partial charge in [0, 0.05) is 0 Å². The van der Waals surface area contributed by atoms with Crippen molar-refractivity contribution in [3.05, 3.63) is 71.5 Å². The van der Waals surface area contributed by atoms with Gasteiger partial charge >= 0.3 is 6.09 Å². The Hall–Kier alpha value is -3.68. The molecule has 0 saturated carbocycles. The van der Waals surface area contributed by atoms with Gasteiger partial charge in [-0.3, -0.25) is 0 Å². The lowest BCUT2D eigenvalue weighted by Crippen LogP contribution is -2.34. The van der Waals surface area contributed by atoms with Crippen LogP contribution >= 0.6 is 0 Å². The molecule has 8 heteroatoms. The van der Waals surface area contributed by atoms with Crippen LogP contribution < -0.4 is 15.0 Å². The van der Waals surface area contributed by atoms with Crippen molar-refractivity contribution in [2.24, 2.45) is 0 Å². The molecule has 3 aromatic rings. The molecular formula is C24H27N5O3. The third kappa shape index (κ3) is 4.96. The van der Waals surface area contributed by atoms with Crippen molar-refractivity contribution < 1.29 is 14.3 Å². The van der Waals surface area contributed by atoms with E-state index in [0.29, 0.717) is 30.9 Å². The first-order chi connectivity index (χ1) is 15.5. The van der Waals surface area contributed by atoms with E-state index in [1.54, 1.807) is 6.92 Å². The molecule has 0 spiro atoms. The fourth-order valence-corrected chi connectivity index (χ4v) is 3.52. The van der Waals surface area contributed by atoms with Gasteiger partial charge in [-0.05, 0) is 43.5 Å². The van der Waals surface area contributed by atoms with Gasteiger partial charge in [0.1, 0.15) is 24.8 Å². The first-order valence-corrected chi connectivity index (χ1v) is 10.8. The number of cyclic esters (lactones) is 1.